The number of ether oxygens (including phenoxy) is 1. The van der Waals surface area contributed by atoms with Crippen molar-refractivity contribution in [2.24, 2.45) is 4.99 Å². The maximum Gasteiger partial charge on any atom is 0.190 e. The number of hydrogen-bond acceptors (Lipinski definition) is 4. The molecular weight excluding hydrogens is 431 g/mol. The summed E-state index contributed by atoms with van der Waals surface area (Å²) < 4.78 is 7.36. The van der Waals surface area contributed by atoms with Gasteiger partial charge in [-0.05, 0) is 38.3 Å². The van der Waals surface area contributed by atoms with Crippen LogP contribution in [0.15, 0.2) is 29.4 Å². The van der Waals surface area contributed by atoms with Crippen LogP contribution in [0, 0.1) is 0 Å². The van der Waals surface area contributed by atoms with Crippen LogP contribution >= 0.6 is 24.0 Å². The number of pyridine rings is 1. The first-order chi connectivity index (χ1) is 11.8. The summed E-state index contributed by atoms with van der Waals surface area (Å²) in [6, 6.07) is 5.93. The molecule has 0 aliphatic rings. The number of nitrogens with zero attached hydrogens (tertiary/aromatic N) is 4. The molecule has 2 heterocycles. The second-order valence-corrected chi connectivity index (χ2v) is 5.48. The third-order valence-electron chi connectivity index (χ3n) is 3.69. The highest BCUT2D eigenvalue weighted by molar-refractivity contribution is 14.0. The van der Waals surface area contributed by atoms with Crippen molar-refractivity contribution in [2.45, 2.75) is 32.6 Å². The Morgan fingerprint density at radius 1 is 1.16 bits per heavy atom. The first-order valence-corrected chi connectivity index (χ1v) is 8.66. The number of aromatic nitrogens is 3. The summed E-state index contributed by atoms with van der Waals surface area (Å²) >= 11 is 0. The Hall–Kier alpha value is -1.42. The fraction of sp³-hybridized carbons (Fsp3) is 0.588. The van der Waals surface area contributed by atoms with Crippen LogP contribution < -0.4 is 10.6 Å². The number of hydrogen-bond donors (Lipinski definition) is 2. The van der Waals surface area contributed by atoms with Crippen LogP contribution in [0.25, 0.3) is 5.65 Å². The molecule has 0 aliphatic carbocycles. The van der Waals surface area contributed by atoms with Crippen LogP contribution in [0.5, 0.6) is 0 Å². The number of aryl methyl sites for hydroxylation is 1. The molecule has 0 aromatic carbocycles. The van der Waals surface area contributed by atoms with Gasteiger partial charge in [0.15, 0.2) is 11.6 Å². The first kappa shape index (κ1) is 21.6. The molecule has 0 fully saturated rings. The lowest BCUT2D eigenvalue weighted by Crippen LogP contribution is -2.38. The number of rotatable bonds is 10. The van der Waals surface area contributed by atoms with Gasteiger partial charge in [-0.2, -0.15) is 0 Å². The first-order valence-electron chi connectivity index (χ1n) is 8.66. The predicted octanol–water partition coefficient (Wildman–Crippen LogP) is 2.26. The normalized spacial score (nSPS) is 11.4. The SMILES string of the molecule is CCOCCCCNC(=NC)NCCCc1nnc2ccccn12.I. The minimum Gasteiger partial charge on any atom is -0.382 e. The Morgan fingerprint density at radius 3 is 2.72 bits per heavy atom. The third-order valence-corrected chi connectivity index (χ3v) is 3.69. The molecule has 2 rings (SSSR count). The van der Waals surface area contributed by atoms with Gasteiger partial charge in [0.1, 0.15) is 5.82 Å². The Morgan fingerprint density at radius 2 is 1.96 bits per heavy atom. The molecule has 2 aromatic heterocycles. The average Bonchev–Trinajstić information content (AvgIpc) is 3.03. The standard InChI is InChI=1S/C17H28N6O.HI/c1-3-24-14-7-5-11-19-17(18-2)20-12-8-10-16-22-21-15-9-4-6-13-23(15)16;/h4,6,9,13H,3,5,7-8,10-12,14H2,1-2H3,(H2,18,19,20);1H. The van der Waals surface area contributed by atoms with Gasteiger partial charge < -0.3 is 15.4 Å². The fourth-order valence-corrected chi connectivity index (χ4v) is 2.42. The largest absolute Gasteiger partial charge is 0.382 e. The zero-order chi connectivity index (χ0) is 17.0. The van der Waals surface area contributed by atoms with Gasteiger partial charge in [0, 0.05) is 46.0 Å². The lowest BCUT2D eigenvalue weighted by molar-refractivity contribution is 0.143. The van der Waals surface area contributed by atoms with Crippen LogP contribution in [0.2, 0.25) is 0 Å². The van der Waals surface area contributed by atoms with Crippen LogP contribution in [-0.2, 0) is 11.2 Å². The summed E-state index contributed by atoms with van der Waals surface area (Å²) in [5.41, 5.74) is 0.894. The summed E-state index contributed by atoms with van der Waals surface area (Å²) in [7, 11) is 1.79. The van der Waals surface area contributed by atoms with E-state index in [2.05, 4.69) is 25.8 Å². The second-order valence-electron chi connectivity index (χ2n) is 5.48. The van der Waals surface area contributed by atoms with Crippen LogP contribution in [-0.4, -0.2) is 53.9 Å². The van der Waals surface area contributed by atoms with Crippen LogP contribution in [0.4, 0.5) is 0 Å². The molecule has 0 aliphatic heterocycles. The number of guanidine groups is 1. The fourth-order valence-electron chi connectivity index (χ4n) is 2.42. The smallest absolute Gasteiger partial charge is 0.190 e. The van der Waals surface area contributed by atoms with E-state index < -0.39 is 0 Å². The monoisotopic (exact) mass is 460 g/mol. The van der Waals surface area contributed by atoms with Gasteiger partial charge in [-0.25, -0.2) is 0 Å². The zero-order valence-electron chi connectivity index (χ0n) is 15.1. The third kappa shape index (κ3) is 7.55. The molecule has 0 spiro atoms. The molecule has 8 heteroatoms. The quantitative estimate of drug-likeness (QED) is 0.246. The van der Waals surface area contributed by atoms with E-state index in [9.17, 15) is 0 Å². The Balaban J connectivity index is 0.00000312. The van der Waals surface area contributed by atoms with E-state index in [4.69, 9.17) is 4.74 Å². The summed E-state index contributed by atoms with van der Waals surface area (Å²) in [6.07, 6.45) is 6.00. The Kier molecular flexibility index (Phi) is 11.1. The highest BCUT2D eigenvalue weighted by atomic mass is 127. The molecule has 0 bridgehead atoms. The van der Waals surface area contributed by atoms with Gasteiger partial charge in [-0.3, -0.25) is 9.39 Å². The van der Waals surface area contributed by atoms with E-state index in [0.29, 0.717) is 0 Å². The minimum atomic E-state index is 0. The molecular formula is C17H29IN6O. The molecule has 25 heavy (non-hydrogen) atoms. The summed E-state index contributed by atoms with van der Waals surface area (Å²) in [6.45, 7) is 5.39. The Labute approximate surface area is 166 Å². The highest BCUT2D eigenvalue weighted by Crippen LogP contribution is 2.04. The van der Waals surface area contributed by atoms with Crippen molar-refractivity contribution in [1.29, 1.82) is 0 Å². The number of nitrogens with one attached hydrogen (secondary N) is 2. The minimum absolute atomic E-state index is 0. The average molecular weight is 460 g/mol. The molecule has 0 atom stereocenters. The van der Waals surface area contributed by atoms with E-state index in [1.807, 2.05) is 35.7 Å². The molecule has 0 saturated carbocycles. The van der Waals surface area contributed by atoms with E-state index in [0.717, 1.165) is 69.4 Å². The van der Waals surface area contributed by atoms with Gasteiger partial charge in [-0.1, -0.05) is 6.07 Å². The molecule has 2 N–H and O–H groups in total. The number of halogens is 1. The van der Waals surface area contributed by atoms with Crippen molar-refractivity contribution in [3.8, 4) is 0 Å². The van der Waals surface area contributed by atoms with E-state index in [1.165, 1.54) is 0 Å². The Bertz CT molecular complexity index is 630. The number of aliphatic imine (C=N–C) groups is 1. The van der Waals surface area contributed by atoms with Crippen molar-refractivity contribution in [3.05, 3.63) is 30.2 Å². The lowest BCUT2D eigenvalue weighted by atomic mass is 10.3. The topological polar surface area (TPSA) is 75.8 Å². The predicted molar refractivity (Wildman–Crippen MR) is 112 cm³/mol. The summed E-state index contributed by atoms with van der Waals surface area (Å²) in [4.78, 5) is 4.24. The second kappa shape index (κ2) is 12.9. The van der Waals surface area contributed by atoms with Gasteiger partial charge in [0.05, 0.1) is 0 Å². The van der Waals surface area contributed by atoms with Crippen molar-refractivity contribution in [3.63, 3.8) is 0 Å². The number of unbranched alkanes of at least 4 members (excludes halogenated alkanes) is 1. The number of fused-ring (bicyclic) bond motifs is 1. The summed E-state index contributed by atoms with van der Waals surface area (Å²) in [5, 5.41) is 15.1. The van der Waals surface area contributed by atoms with Crippen LogP contribution in [0.1, 0.15) is 32.0 Å². The molecule has 2 aromatic rings. The van der Waals surface area contributed by atoms with E-state index >= 15 is 0 Å². The van der Waals surface area contributed by atoms with Crippen molar-refractivity contribution < 1.29 is 4.74 Å². The van der Waals surface area contributed by atoms with Gasteiger partial charge >= 0.3 is 0 Å². The zero-order valence-corrected chi connectivity index (χ0v) is 17.4. The van der Waals surface area contributed by atoms with Crippen molar-refractivity contribution in [1.82, 2.24) is 25.2 Å². The molecule has 0 amide bonds. The molecule has 0 unspecified atom stereocenters. The molecule has 7 nitrogen and oxygen atoms in total. The maximum absolute atomic E-state index is 5.33. The van der Waals surface area contributed by atoms with E-state index in [-0.39, 0.29) is 24.0 Å². The lowest BCUT2D eigenvalue weighted by Gasteiger charge is -2.11. The molecule has 0 saturated heterocycles. The van der Waals surface area contributed by atoms with Crippen molar-refractivity contribution >= 4 is 35.6 Å². The van der Waals surface area contributed by atoms with Gasteiger partial charge in [-0.15, -0.1) is 34.2 Å². The maximum atomic E-state index is 5.33. The van der Waals surface area contributed by atoms with Crippen molar-refractivity contribution in [2.75, 3.05) is 33.4 Å². The van der Waals surface area contributed by atoms with Gasteiger partial charge in [0.2, 0.25) is 0 Å². The van der Waals surface area contributed by atoms with Crippen LogP contribution in [0.3, 0.4) is 0 Å². The summed E-state index contributed by atoms with van der Waals surface area (Å²) in [5.74, 6) is 1.84. The molecule has 0 radical (unpaired) electrons. The van der Waals surface area contributed by atoms with Gasteiger partial charge in [0.25, 0.3) is 0 Å². The highest BCUT2D eigenvalue weighted by Gasteiger charge is 2.04. The van der Waals surface area contributed by atoms with E-state index in [1.54, 1.807) is 7.05 Å². The molecule has 140 valence electrons.